The van der Waals surface area contributed by atoms with E-state index in [1.165, 1.54) is 0 Å². The molecule has 0 radical (unpaired) electrons. The first-order chi connectivity index (χ1) is 12.2. The molecule has 6 nitrogen and oxygen atoms in total. The van der Waals surface area contributed by atoms with Gasteiger partial charge in [0.05, 0.1) is 11.3 Å². The van der Waals surface area contributed by atoms with E-state index in [4.69, 9.17) is 9.26 Å². The first kappa shape index (κ1) is 17.0. The number of benzene rings is 2. The van der Waals surface area contributed by atoms with Crippen LogP contribution >= 0.6 is 11.8 Å². The SMILES string of the molecule is CSc1ccccc1NC(=O)c1ccccc1OCc1noc(C)n1. The standard InChI is InChI=1S/C18H17N3O3S/c1-12-19-17(21-24-12)11-23-15-9-5-3-7-13(15)18(22)20-14-8-4-6-10-16(14)25-2/h3-10H,11H2,1-2H3,(H,20,22). The third-order valence-electron chi connectivity index (χ3n) is 3.41. The number of aryl methyl sites for hydroxylation is 1. The number of para-hydroxylation sites is 2. The topological polar surface area (TPSA) is 77.2 Å². The van der Waals surface area contributed by atoms with E-state index in [2.05, 4.69) is 15.5 Å². The number of hydrogen-bond donors (Lipinski definition) is 1. The molecular formula is C18H17N3O3S. The minimum absolute atomic E-state index is 0.128. The van der Waals surface area contributed by atoms with Gasteiger partial charge in [0.1, 0.15) is 5.75 Å². The zero-order chi connectivity index (χ0) is 17.6. The van der Waals surface area contributed by atoms with Gasteiger partial charge in [0.15, 0.2) is 6.61 Å². The number of nitrogens with one attached hydrogen (secondary N) is 1. The van der Waals surface area contributed by atoms with E-state index in [0.717, 1.165) is 10.6 Å². The molecule has 128 valence electrons. The van der Waals surface area contributed by atoms with Crippen molar-refractivity contribution in [3.8, 4) is 5.75 Å². The molecule has 3 aromatic rings. The Labute approximate surface area is 149 Å². The fraction of sp³-hybridized carbons (Fsp3) is 0.167. The number of anilines is 1. The minimum atomic E-state index is -0.235. The quantitative estimate of drug-likeness (QED) is 0.675. The van der Waals surface area contributed by atoms with Crippen LogP contribution in [-0.4, -0.2) is 22.3 Å². The van der Waals surface area contributed by atoms with Gasteiger partial charge in [0, 0.05) is 11.8 Å². The Bertz CT molecular complexity index is 879. The maximum atomic E-state index is 12.7. The van der Waals surface area contributed by atoms with Crippen molar-refractivity contribution in [3.63, 3.8) is 0 Å². The molecule has 0 spiro atoms. The summed E-state index contributed by atoms with van der Waals surface area (Å²) in [6, 6.07) is 14.7. The van der Waals surface area contributed by atoms with Crippen LogP contribution in [0, 0.1) is 6.92 Å². The third-order valence-corrected chi connectivity index (χ3v) is 4.21. The molecule has 1 N–H and O–H groups in total. The lowest BCUT2D eigenvalue weighted by molar-refractivity contribution is 0.102. The van der Waals surface area contributed by atoms with E-state index >= 15 is 0 Å². The summed E-state index contributed by atoms with van der Waals surface area (Å²) in [4.78, 5) is 17.7. The second-order valence-electron chi connectivity index (χ2n) is 5.17. The fourth-order valence-electron chi connectivity index (χ4n) is 2.26. The number of ether oxygens (including phenoxy) is 1. The van der Waals surface area contributed by atoms with Crippen LogP contribution in [0.1, 0.15) is 22.1 Å². The predicted molar refractivity (Wildman–Crippen MR) is 96.0 cm³/mol. The highest BCUT2D eigenvalue weighted by Crippen LogP contribution is 2.26. The van der Waals surface area contributed by atoms with Gasteiger partial charge in [-0.05, 0) is 30.5 Å². The maximum absolute atomic E-state index is 12.7. The lowest BCUT2D eigenvalue weighted by atomic mass is 10.2. The van der Waals surface area contributed by atoms with Crippen LogP contribution in [-0.2, 0) is 6.61 Å². The van der Waals surface area contributed by atoms with Crippen molar-refractivity contribution >= 4 is 23.4 Å². The van der Waals surface area contributed by atoms with E-state index in [1.54, 1.807) is 36.9 Å². The van der Waals surface area contributed by atoms with E-state index < -0.39 is 0 Å². The van der Waals surface area contributed by atoms with Gasteiger partial charge >= 0.3 is 0 Å². The molecule has 0 fully saturated rings. The molecule has 0 unspecified atom stereocenters. The zero-order valence-electron chi connectivity index (χ0n) is 13.9. The number of hydrogen-bond acceptors (Lipinski definition) is 6. The molecule has 1 heterocycles. The van der Waals surface area contributed by atoms with Crippen molar-refractivity contribution in [1.29, 1.82) is 0 Å². The first-order valence-corrected chi connectivity index (χ1v) is 8.85. The molecule has 0 saturated heterocycles. The van der Waals surface area contributed by atoms with Gasteiger partial charge < -0.3 is 14.6 Å². The van der Waals surface area contributed by atoms with Gasteiger partial charge in [-0.15, -0.1) is 11.8 Å². The molecule has 0 atom stereocenters. The van der Waals surface area contributed by atoms with Crippen LogP contribution < -0.4 is 10.1 Å². The molecule has 2 aromatic carbocycles. The predicted octanol–water partition coefficient (Wildman–Crippen LogP) is 3.93. The Hall–Kier alpha value is -2.80. The van der Waals surface area contributed by atoms with E-state index in [1.807, 2.05) is 36.6 Å². The molecule has 0 saturated carbocycles. The summed E-state index contributed by atoms with van der Waals surface area (Å²) in [5, 5.41) is 6.71. The molecule has 0 aliphatic heterocycles. The fourth-order valence-corrected chi connectivity index (χ4v) is 2.81. The second-order valence-corrected chi connectivity index (χ2v) is 6.02. The maximum Gasteiger partial charge on any atom is 0.259 e. The number of nitrogens with zero attached hydrogens (tertiary/aromatic N) is 2. The number of aromatic nitrogens is 2. The smallest absolute Gasteiger partial charge is 0.259 e. The van der Waals surface area contributed by atoms with Crippen molar-refractivity contribution in [3.05, 3.63) is 65.8 Å². The highest BCUT2D eigenvalue weighted by atomic mass is 32.2. The van der Waals surface area contributed by atoms with E-state index in [-0.39, 0.29) is 12.5 Å². The zero-order valence-corrected chi connectivity index (χ0v) is 14.7. The number of thioether (sulfide) groups is 1. The normalized spacial score (nSPS) is 10.5. The average Bonchev–Trinajstić information content (AvgIpc) is 3.06. The molecule has 0 bridgehead atoms. The summed E-state index contributed by atoms with van der Waals surface area (Å²) in [7, 11) is 0. The number of amides is 1. The van der Waals surface area contributed by atoms with Gasteiger partial charge in [-0.2, -0.15) is 4.98 Å². The number of rotatable bonds is 6. The number of carbonyl (C=O) groups excluding carboxylic acids is 1. The summed E-state index contributed by atoms with van der Waals surface area (Å²) in [5.41, 5.74) is 1.21. The highest BCUT2D eigenvalue weighted by molar-refractivity contribution is 7.98. The molecule has 7 heteroatoms. The van der Waals surface area contributed by atoms with Crippen LogP contribution in [0.25, 0.3) is 0 Å². The van der Waals surface area contributed by atoms with Gasteiger partial charge in [-0.1, -0.05) is 29.4 Å². The molecule has 25 heavy (non-hydrogen) atoms. The average molecular weight is 355 g/mol. The summed E-state index contributed by atoms with van der Waals surface area (Å²) in [6.45, 7) is 1.84. The largest absolute Gasteiger partial charge is 0.485 e. The molecule has 1 amide bonds. The first-order valence-electron chi connectivity index (χ1n) is 7.63. The summed E-state index contributed by atoms with van der Waals surface area (Å²) in [6.07, 6.45) is 1.97. The molecule has 3 rings (SSSR count). The molecule has 1 aromatic heterocycles. The Morgan fingerprint density at radius 3 is 2.72 bits per heavy atom. The summed E-state index contributed by atoms with van der Waals surface area (Å²) in [5.74, 6) is 1.13. The highest BCUT2D eigenvalue weighted by Gasteiger charge is 2.14. The minimum Gasteiger partial charge on any atom is -0.485 e. The monoisotopic (exact) mass is 355 g/mol. The van der Waals surface area contributed by atoms with Crippen molar-refractivity contribution in [1.82, 2.24) is 10.1 Å². The third kappa shape index (κ3) is 4.19. The van der Waals surface area contributed by atoms with Gasteiger partial charge in [-0.3, -0.25) is 4.79 Å². The lowest BCUT2D eigenvalue weighted by Crippen LogP contribution is -2.14. The van der Waals surface area contributed by atoms with Gasteiger partial charge in [0.25, 0.3) is 5.91 Å². The van der Waals surface area contributed by atoms with Crippen molar-refractivity contribution in [2.75, 3.05) is 11.6 Å². The Balaban J connectivity index is 1.76. The lowest BCUT2D eigenvalue weighted by Gasteiger charge is -2.12. The summed E-state index contributed by atoms with van der Waals surface area (Å²) < 4.78 is 10.6. The van der Waals surface area contributed by atoms with Gasteiger partial charge in [0.2, 0.25) is 11.7 Å². The van der Waals surface area contributed by atoms with E-state index in [0.29, 0.717) is 23.0 Å². The van der Waals surface area contributed by atoms with Crippen molar-refractivity contribution in [2.24, 2.45) is 0 Å². The Morgan fingerprint density at radius 2 is 1.96 bits per heavy atom. The number of carbonyl (C=O) groups is 1. The van der Waals surface area contributed by atoms with Crippen LogP contribution in [0.3, 0.4) is 0 Å². The van der Waals surface area contributed by atoms with Crippen LogP contribution in [0.4, 0.5) is 5.69 Å². The van der Waals surface area contributed by atoms with Crippen LogP contribution in [0.5, 0.6) is 5.75 Å². The summed E-state index contributed by atoms with van der Waals surface area (Å²) >= 11 is 1.57. The van der Waals surface area contributed by atoms with Crippen LogP contribution in [0.2, 0.25) is 0 Å². The van der Waals surface area contributed by atoms with Gasteiger partial charge in [-0.25, -0.2) is 0 Å². The van der Waals surface area contributed by atoms with Crippen molar-refractivity contribution in [2.45, 2.75) is 18.4 Å². The molecule has 0 aliphatic carbocycles. The Morgan fingerprint density at radius 1 is 1.20 bits per heavy atom. The van der Waals surface area contributed by atoms with E-state index in [9.17, 15) is 4.79 Å². The Kier molecular flexibility index (Phi) is 5.35. The van der Waals surface area contributed by atoms with Crippen molar-refractivity contribution < 1.29 is 14.1 Å². The molecule has 0 aliphatic rings. The van der Waals surface area contributed by atoms with Crippen LogP contribution in [0.15, 0.2) is 57.9 Å². The second kappa shape index (κ2) is 7.85. The molecular weight excluding hydrogens is 338 g/mol.